The number of carbonyl (C=O) groups is 2. The third kappa shape index (κ3) is 5.05. The number of nitrogens with zero attached hydrogens (tertiary/aromatic N) is 4. The monoisotopic (exact) mass is 412 g/mol. The Morgan fingerprint density at radius 1 is 0.926 bits per heavy atom. The summed E-state index contributed by atoms with van der Waals surface area (Å²) < 4.78 is 9.99. The van der Waals surface area contributed by atoms with Crippen LogP contribution in [0.25, 0.3) is 11.4 Å². The summed E-state index contributed by atoms with van der Waals surface area (Å²) in [7, 11) is 0. The Morgan fingerprint density at radius 2 is 1.44 bits per heavy atom. The van der Waals surface area contributed by atoms with Crippen molar-refractivity contribution in [3.8, 4) is 11.4 Å². The summed E-state index contributed by atoms with van der Waals surface area (Å²) in [6, 6.07) is 6.61. The number of amides is 2. The molecule has 0 unspecified atom stereocenters. The molecule has 0 saturated heterocycles. The summed E-state index contributed by atoms with van der Waals surface area (Å²) in [5.74, 6) is 0.990. The van der Waals surface area contributed by atoms with E-state index < -0.39 is 12.2 Å². The molecule has 0 aliphatic rings. The van der Waals surface area contributed by atoms with E-state index >= 15 is 0 Å². The Hall–Kier alpha value is -2.45. The quantitative estimate of drug-likeness (QED) is 0.657. The SMILES string of the molecule is CCOC(=O)N(C(=O)OCC)c1ccccc1-c1nc(CCl)nc(CCl)n1. The topological polar surface area (TPSA) is 94.5 Å². The lowest BCUT2D eigenvalue weighted by molar-refractivity contribution is 0.140. The lowest BCUT2D eigenvalue weighted by Gasteiger charge is -2.21. The van der Waals surface area contributed by atoms with E-state index in [0.717, 1.165) is 4.90 Å². The van der Waals surface area contributed by atoms with Gasteiger partial charge >= 0.3 is 12.2 Å². The fourth-order valence-corrected chi connectivity index (χ4v) is 2.45. The molecule has 0 aliphatic carbocycles. The summed E-state index contributed by atoms with van der Waals surface area (Å²) >= 11 is 11.7. The van der Waals surface area contributed by atoms with Crippen LogP contribution in [0.2, 0.25) is 0 Å². The van der Waals surface area contributed by atoms with E-state index in [1.54, 1.807) is 38.1 Å². The van der Waals surface area contributed by atoms with E-state index in [4.69, 9.17) is 32.7 Å². The summed E-state index contributed by atoms with van der Waals surface area (Å²) in [5, 5.41) is 0. The zero-order valence-electron chi connectivity index (χ0n) is 14.8. The van der Waals surface area contributed by atoms with Gasteiger partial charge in [-0.3, -0.25) is 0 Å². The number of halogens is 2. The molecule has 2 aromatic rings. The summed E-state index contributed by atoms with van der Waals surface area (Å²) in [4.78, 5) is 38.3. The van der Waals surface area contributed by atoms with Gasteiger partial charge in [-0.05, 0) is 26.0 Å². The van der Waals surface area contributed by atoms with Crippen molar-refractivity contribution in [3.05, 3.63) is 35.9 Å². The number of hydrogen-bond donors (Lipinski definition) is 0. The Kier molecular flexibility index (Phi) is 7.75. The maximum atomic E-state index is 12.4. The van der Waals surface area contributed by atoms with Crippen molar-refractivity contribution >= 4 is 41.1 Å². The van der Waals surface area contributed by atoms with Crippen molar-refractivity contribution in [1.82, 2.24) is 15.0 Å². The van der Waals surface area contributed by atoms with Crippen molar-refractivity contribution < 1.29 is 19.1 Å². The van der Waals surface area contributed by atoms with Crippen molar-refractivity contribution in [1.29, 1.82) is 0 Å². The zero-order valence-corrected chi connectivity index (χ0v) is 16.3. The van der Waals surface area contributed by atoms with Gasteiger partial charge in [-0.1, -0.05) is 12.1 Å². The van der Waals surface area contributed by atoms with Crippen LogP contribution in [0.15, 0.2) is 24.3 Å². The molecule has 2 rings (SSSR count). The zero-order chi connectivity index (χ0) is 19.8. The number of hydrogen-bond acceptors (Lipinski definition) is 7. The van der Waals surface area contributed by atoms with Crippen LogP contribution in [0.1, 0.15) is 25.5 Å². The van der Waals surface area contributed by atoms with Gasteiger partial charge in [0.15, 0.2) is 5.82 Å². The third-order valence-electron chi connectivity index (χ3n) is 3.25. The van der Waals surface area contributed by atoms with Crippen molar-refractivity contribution in [2.75, 3.05) is 18.1 Å². The molecule has 1 aromatic heterocycles. The van der Waals surface area contributed by atoms with E-state index in [0.29, 0.717) is 17.2 Å². The van der Waals surface area contributed by atoms with Crippen LogP contribution >= 0.6 is 23.2 Å². The molecule has 8 nitrogen and oxygen atoms in total. The average Bonchev–Trinajstić information content (AvgIpc) is 2.68. The minimum atomic E-state index is -0.868. The molecule has 0 atom stereocenters. The highest BCUT2D eigenvalue weighted by Crippen LogP contribution is 2.30. The van der Waals surface area contributed by atoms with Gasteiger partial charge < -0.3 is 9.47 Å². The highest BCUT2D eigenvalue weighted by molar-refractivity contribution is 6.17. The van der Waals surface area contributed by atoms with Gasteiger partial charge in [0.2, 0.25) is 0 Å². The van der Waals surface area contributed by atoms with Crippen molar-refractivity contribution in [3.63, 3.8) is 0 Å². The summed E-state index contributed by atoms with van der Waals surface area (Å²) in [6.45, 7) is 3.46. The molecule has 0 spiro atoms. The largest absolute Gasteiger partial charge is 0.449 e. The highest BCUT2D eigenvalue weighted by atomic mass is 35.5. The molecule has 1 heterocycles. The first-order valence-corrected chi connectivity index (χ1v) is 9.21. The molecule has 2 amide bonds. The number of benzene rings is 1. The maximum absolute atomic E-state index is 12.4. The van der Waals surface area contributed by atoms with E-state index in [1.807, 2.05) is 0 Å². The Bertz CT molecular complexity index is 779. The molecule has 1 aromatic carbocycles. The highest BCUT2D eigenvalue weighted by Gasteiger charge is 2.29. The summed E-state index contributed by atoms with van der Waals surface area (Å²) in [6.07, 6.45) is -1.74. The Balaban J connectivity index is 2.61. The summed E-state index contributed by atoms with van der Waals surface area (Å²) in [5.41, 5.74) is 0.611. The van der Waals surface area contributed by atoms with Gasteiger partial charge in [-0.2, -0.15) is 4.90 Å². The number of carbonyl (C=O) groups excluding carboxylic acids is 2. The number of para-hydroxylation sites is 1. The van der Waals surface area contributed by atoms with E-state index in [9.17, 15) is 9.59 Å². The molecule has 0 fully saturated rings. The standard InChI is InChI=1S/C17H18Cl2N4O4/c1-3-26-16(24)23(17(25)27-4-2)12-8-6-5-7-11(12)15-21-13(9-18)20-14(10-19)22-15/h5-8H,3-4,9-10H2,1-2H3. The first kappa shape index (κ1) is 20.9. The maximum Gasteiger partial charge on any atom is 0.424 e. The predicted molar refractivity (Wildman–Crippen MR) is 101 cm³/mol. The minimum absolute atomic E-state index is 0.0566. The predicted octanol–water partition coefficient (Wildman–Crippen LogP) is 4.14. The minimum Gasteiger partial charge on any atom is -0.449 e. The lowest BCUT2D eigenvalue weighted by Crippen LogP contribution is -2.38. The number of aromatic nitrogens is 3. The van der Waals surface area contributed by atoms with Gasteiger partial charge in [0.05, 0.1) is 30.7 Å². The van der Waals surface area contributed by atoms with Gasteiger partial charge in [0, 0.05) is 5.56 Å². The van der Waals surface area contributed by atoms with Crippen LogP contribution in [0.3, 0.4) is 0 Å². The van der Waals surface area contributed by atoms with Crippen molar-refractivity contribution in [2.45, 2.75) is 25.6 Å². The fraction of sp³-hybridized carbons (Fsp3) is 0.353. The number of rotatable bonds is 6. The van der Waals surface area contributed by atoms with Gasteiger partial charge in [-0.25, -0.2) is 24.5 Å². The van der Waals surface area contributed by atoms with Crippen LogP contribution in [-0.2, 0) is 21.2 Å². The molecule has 27 heavy (non-hydrogen) atoms. The van der Waals surface area contributed by atoms with Crippen LogP contribution in [0, 0.1) is 0 Å². The molecule has 0 saturated carbocycles. The van der Waals surface area contributed by atoms with Gasteiger partial charge in [0.25, 0.3) is 0 Å². The average molecular weight is 413 g/mol. The van der Waals surface area contributed by atoms with Crippen LogP contribution < -0.4 is 4.90 Å². The van der Waals surface area contributed by atoms with E-state index in [-0.39, 0.29) is 36.5 Å². The molecule has 10 heteroatoms. The molecular weight excluding hydrogens is 395 g/mol. The van der Waals surface area contributed by atoms with Crippen molar-refractivity contribution in [2.24, 2.45) is 0 Å². The van der Waals surface area contributed by atoms with Crippen LogP contribution in [-0.4, -0.2) is 40.4 Å². The first-order chi connectivity index (χ1) is 13.0. The van der Waals surface area contributed by atoms with E-state index in [2.05, 4.69) is 15.0 Å². The lowest BCUT2D eigenvalue weighted by atomic mass is 10.1. The normalized spacial score (nSPS) is 10.4. The van der Waals surface area contributed by atoms with Crippen LogP contribution in [0.5, 0.6) is 0 Å². The second-order valence-corrected chi connectivity index (χ2v) is 5.54. The molecular formula is C17H18Cl2N4O4. The molecule has 0 radical (unpaired) electrons. The fourth-order valence-electron chi connectivity index (χ4n) is 2.21. The number of imide groups is 1. The van der Waals surface area contributed by atoms with E-state index in [1.165, 1.54) is 0 Å². The second-order valence-electron chi connectivity index (χ2n) is 5.01. The Labute approximate surface area is 166 Å². The third-order valence-corrected chi connectivity index (χ3v) is 3.73. The van der Waals surface area contributed by atoms with Gasteiger partial charge in [0.1, 0.15) is 11.6 Å². The molecule has 144 valence electrons. The first-order valence-electron chi connectivity index (χ1n) is 8.14. The number of anilines is 1. The number of ether oxygens (including phenoxy) is 2. The van der Waals surface area contributed by atoms with Crippen LogP contribution in [0.4, 0.5) is 15.3 Å². The molecule has 0 aliphatic heterocycles. The molecule has 0 bridgehead atoms. The van der Waals surface area contributed by atoms with Gasteiger partial charge in [-0.15, -0.1) is 23.2 Å². The number of alkyl halides is 2. The second kappa shape index (κ2) is 10.0. The smallest absolute Gasteiger partial charge is 0.424 e. The Morgan fingerprint density at radius 3 is 1.93 bits per heavy atom. The molecule has 0 N–H and O–H groups in total.